The highest BCUT2D eigenvalue weighted by Gasteiger charge is 2.41. The maximum atomic E-state index is 13.5. The molecule has 0 saturated carbocycles. The van der Waals surface area contributed by atoms with E-state index in [9.17, 15) is 9.59 Å². The Morgan fingerprint density at radius 3 is 2.87 bits per heavy atom. The van der Waals surface area contributed by atoms with Gasteiger partial charge in [0.05, 0.1) is 24.4 Å². The van der Waals surface area contributed by atoms with E-state index in [0.717, 1.165) is 12.1 Å². The molecule has 1 N–H and O–H groups in total. The Balaban J connectivity index is 1.68. The lowest BCUT2D eigenvalue weighted by molar-refractivity contribution is -0.151. The second kappa shape index (κ2) is 8.81. The van der Waals surface area contributed by atoms with Crippen molar-refractivity contribution in [2.24, 2.45) is 0 Å². The molecule has 2 amide bonds. The molecule has 1 aromatic heterocycles. The van der Waals surface area contributed by atoms with Gasteiger partial charge in [-0.25, -0.2) is 10.0 Å². The number of ether oxygens (including phenoxy) is 2. The molecule has 2 aliphatic rings. The smallest absolute Gasteiger partial charge is 0.285 e. The number of nitrogens with zero attached hydrogens (tertiary/aromatic N) is 3. The van der Waals surface area contributed by atoms with Gasteiger partial charge in [-0.15, -0.1) is 0 Å². The Morgan fingerprint density at radius 1 is 1.27 bits per heavy atom. The summed E-state index contributed by atoms with van der Waals surface area (Å²) in [5, 5.41) is 6.49. The molecule has 4 rings (SSSR count). The van der Waals surface area contributed by atoms with Crippen LogP contribution in [0.4, 0.5) is 0 Å². The second-order valence-electron chi connectivity index (χ2n) is 7.39. The van der Waals surface area contributed by atoms with Crippen LogP contribution >= 0.6 is 0 Å². The quantitative estimate of drug-likeness (QED) is 0.757. The van der Waals surface area contributed by atoms with E-state index in [-0.39, 0.29) is 11.9 Å². The predicted molar refractivity (Wildman–Crippen MR) is 110 cm³/mol. The minimum atomic E-state index is -0.711. The number of hydrazine groups is 1. The third kappa shape index (κ3) is 3.88. The number of amides is 2. The van der Waals surface area contributed by atoms with Crippen LogP contribution in [0.5, 0.6) is 11.5 Å². The number of carbonyl (C=O) groups excluding carboxylic acids is 2. The van der Waals surface area contributed by atoms with Gasteiger partial charge in [-0.3, -0.25) is 14.6 Å². The molecule has 0 aliphatic carbocycles. The number of fused-ring (bicyclic) bond motifs is 1. The SMILES string of the molecule is CCCC1Oc2ccc(OC)cc2C(=O)N(N2CCNC(c3ccccn3)C2)C1=O. The van der Waals surface area contributed by atoms with E-state index in [2.05, 4.69) is 10.3 Å². The van der Waals surface area contributed by atoms with Gasteiger partial charge in [0.15, 0.2) is 6.10 Å². The number of imide groups is 1. The zero-order chi connectivity index (χ0) is 21.1. The van der Waals surface area contributed by atoms with Crippen LogP contribution in [0.25, 0.3) is 0 Å². The molecule has 8 nitrogen and oxygen atoms in total. The fourth-order valence-corrected chi connectivity index (χ4v) is 3.87. The van der Waals surface area contributed by atoms with Gasteiger partial charge < -0.3 is 14.8 Å². The van der Waals surface area contributed by atoms with Crippen LogP contribution in [0.15, 0.2) is 42.6 Å². The number of piperazine rings is 1. The van der Waals surface area contributed by atoms with Crippen LogP contribution in [-0.2, 0) is 4.79 Å². The number of rotatable bonds is 5. The molecule has 0 bridgehead atoms. The molecule has 3 heterocycles. The van der Waals surface area contributed by atoms with Crippen molar-refractivity contribution < 1.29 is 19.1 Å². The van der Waals surface area contributed by atoms with Gasteiger partial charge in [-0.1, -0.05) is 19.4 Å². The van der Waals surface area contributed by atoms with Crippen molar-refractivity contribution in [3.63, 3.8) is 0 Å². The van der Waals surface area contributed by atoms with E-state index in [1.807, 2.05) is 25.1 Å². The monoisotopic (exact) mass is 410 g/mol. The van der Waals surface area contributed by atoms with Gasteiger partial charge in [0.2, 0.25) is 0 Å². The van der Waals surface area contributed by atoms with Gasteiger partial charge in [0.1, 0.15) is 11.5 Å². The minimum absolute atomic E-state index is 0.0841. The lowest BCUT2D eigenvalue weighted by Gasteiger charge is -2.39. The first-order valence-electron chi connectivity index (χ1n) is 10.2. The predicted octanol–water partition coefficient (Wildman–Crippen LogP) is 2.18. The number of nitrogens with one attached hydrogen (secondary N) is 1. The summed E-state index contributed by atoms with van der Waals surface area (Å²) in [6.45, 7) is 3.60. The summed E-state index contributed by atoms with van der Waals surface area (Å²) in [4.78, 5) is 31.3. The third-order valence-electron chi connectivity index (χ3n) is 5.40. The Labute approximate surface area is 175 Å². The van der Waals surface area contributed by atoms with Crippen molar-refractivity contribution in [2.45, 2.75) is 31.9 Å². The minimum Gasteiger partial charge on any atom is -0.497 e. The molecule has 2 atom stereocenters. The molecular weight excluding hydrogens is 384 g/mol. The largest absolute Gasteiger partial charge is 0.497 e. The zero-order valence-corrected chi connectivity index (χ0v) is 17.2. The average molecular weight is 410 g/mol. The fraction of sp³-hybridized carbons (Fsp3) is 0.409. The number of benzene rings is 1. The number of carbonyl (C=O) groups is 2. The first-order chi connectivity index (χ1) is 14.6. The highest BCUT2D eigenvalue weighted by molar-refractivity contribution is 6.08. The molecule has 1 aromatic carbocycles. The summed E-state index contributed by atoms with van der Waals surface area (Å²) in [6, 6.07) is 10.7. The van der Waals surface area contributed by atoms with Crippen molar-refractivity contribution >= 4 is 11.8 Å². The first-order valence-corrected chi connectivity index (χ1v) is 10.2. The molecule has 8 heteroatoms. The Hall–Kier alpha value is -2.97. The van der Waals surface area contributed by atoms with Crippen molar-refractivity contribution in [2.75, 3.05) is 26.7 Å². The topological polar surface area (TPSA) is 84.0 Å². The van der Waals surface area contributed by atoms with Crippen LogP contribution in [-0.4, -0.2) is 59.7 Å². The van der Waals surface area contributed by atoms with E-state index in [1.54, 1.807) is 36.5 Å². The highest BCUT2D eigenvalue weighted by Crippen LogP contribution is 2.32. The van der Waals surface area contributed by atoms with Gasteiger partial charge >= 0.3 is 0 Å². The van der Waals surface area contributed by atoms with E-state index in [0.29, 0.717) is 43.1 Å². The van der Waals surface area contributed by atoms with Crippen molar-refractivity contribution in [3.05, 3.63) is 53.9 Å². The van der Waals surface area contributed by atoms with Crippen molar-refractivity contribution in [1.29, 1.82) is 0 Å². The molecule has 30 heavy (non-hydrogen) atoms. The fourth-order valence-electron chi connectivity index (χ4n) is 3.87. The van der Waals surface area contributed by atoms with E-state index in [1.165, 1.54) is 5.01 Å². The summed E-state index contributed by atoms with van der Waals surface area (Å²) in [5.74, 6) is 0.220. The Morgan fingerprint density at radius 2 is 2.13 bits per heavy atom. The van der Waals surface area contributed by atoms with Crippen molar-refractivity contribution in [1.82, 2.24) is 20.3 Å². The van der Waals surface area contributed by atoms with Crippen LogP contribution in [0.1, 0.15) is 41.9 Å². The summed E-state index contributed by atoms with van der Waals surface area (Å²) >= 11 is 0. The molecule has 2 unspecified atom stereocenters. The molecule has 2 aliphatic heterocycles. The molecule has 2 aromatic rings. The number of hydrogen-bond acceptors (Lipinski definition) is 7. The lowest BCUT2D eigenvalue weighted by Crippen LogP contribution is -2.59. The van der Waals surface area contributed by atoms with Crippen LogP contribution in [0, 0.1) is 0 Å². The third-order valence-corrected chi connectivity index (χ3v) is 5.40. The van der Waals surface area contributed by atoms with E-state index < -0.39 is 12.0 Å². The summed E-state index contributed by atoms with van der Waals surface area (Å²) in [6.07, 6.45) is 2.33. The summed E-state index contributed by atoms with van der Waals surface area (Å²) in [5.41, 5.74) is 1.20. The van der Waals surface area contributed by atoms with Gasteiger partial charge in [-0.05, 0) is 36.8 Å². The van der Waals surface area contributed by atoms with E-state index in [4.69, 9.17) is 9.47 Å². The van der Waals surface area contributed by atoms with Gasteiger partial charge in [0.25, 0.3) is 11.8 Å². The van der Waals surface area contributed by atoms with E-state index >= 15 is 0 Å². The number of methoxy groups -OCH3 is 1. The number of aromatic nitrogens is 1. The molecule has 1 fully saturated rings. The maximum absolute atomic E-state index is 13.5. The van der Waals surface area contributed by atoms with Crippen LogP contribution in [0.3, 0.4) is 0 Å². The van der Waals surface area contributed by atoms with Crippen LogP contribution < -0.4 is 14.8 Å². The first kappa shape index (κ1) is 20.3. The maximum Gasteiger partial charge on any atom is 0.285 e. The Bertz CT molecular complexity index is 921. The lowest BCUT2D eigenvalue weighted by atomic mass is 10.1. The standard InChI is InChI=1S/C22H26N4O4/c1-3-6-20-22(28)26(21(27)16-13-15(29-2)8-9-19(16)30-20)25-12-11-24-18(14-25)17-7-4-5-10-23-17/h4-5,7-10,13,18,20,24H,3,6,11-12,14H2,1-2H3. The molecule has 158 valence electrons. The van der Waals surface area contributed by atoms with Gasteiger partial charge in [0, 0.05) is 25.8 Å². The highest BCUT2D eigenvalue weighted by atomic mass is 16.5. The Kier molecular flexibility index (Phi) is 5.96. The average Bonchev–Trinajstić information content (AvgIpc) is 2.89. The molecule has 0 radical (unpaired) electrons. The van der Waals surface area contributed by atoms with Crippen LogP contribution in [0.2, 0.25) is 0 Å². The number of pyridine rings is 1. The van der Waals surface area contributed by atoms with Gasteiger partial charge in [-0.2, -0.15) is 0 Å². The molecular formula is C22H26N4O4. The van der Waals surface area contributed by atoms with Crippen molar-refractivity contribution in [3.8, 4) is 11.5 Å². The summed E-state index contributed by atoms with van der Waals surface area (Å²) in [7, 11) is 1.54. The zero-order valence-electron chi connectivity index (χ0n) is 17.2. The second-order valence-corrected chi connectivity index (χ2v) is 7.39. The number of hydrogen-bond donors (Lipinski definition) is 1. The molecule has 0 spiro atoms. The normalized spacial score (nSPS) is 22.3. The summed E-state index contributed by atoms with van der Waals surface area (Å²) < 4.78 is 11.3. The molecule has 1 saturated heterocycles.